The first-order chi connectivity index (χ1) is 12.1. The van der Waals surface area contributed by atoms with E-state index < -0.39 is 0 Å². The van der Waals surface area contributed by atoms with Crippen LogP contribution in [0.1, 0.15) is 24.4 Å². The highest BCUT2D eigenvalue weighted by atomic mass is 32.1. The first-order valence-corrected chi connectivity index (χ1v) is 8.58. The molecule has 2 aromatic carbocycles. The number of hydrogen-bond donors (Lipinski definition) is 1. The molecule has 1 fully saturated rings. The third-order valence-electron chi connectivity index (χ3n) is 4.41. The van der Waals surface area contributed by atoms with E-state index in [0.29, 0.717) is 5.11 Å². The van der Waals surface area contributed by atoms with Gasteiger partial charge in [-0.3, -0.25) is 0 Å². The maximum atomic E-state index is 13.1. The summed E-state index contributed by atoms with van der Waals surface area (Å²) in [6.45, 7) is 0.859. The first kappa shape index (κ1) is 17.5. The summed E-state index contributed by atoms with van der Waals surface area (Å²) in [5.41, 5.74) is 1.83. The van der Waals surface area contributed by atoms with Gasteiger partial charge in [0.2, 0.25) is 0 Å². The summed E-state index contributed by atoms with van der Waals surface area (Å²) in [4.78, 5) is 2.15. The van der Waals surface area contributed by atoms with Crippen molar-refractivity contribution in [2.24, 2.45) is 0 Å². The summed E-state index contributed by atoms with van der Waals surface area (Å²) in [6.07, 6.45) is 2.02. The SMILES string of the molecule is COc1ccc(OC)c([C@H]2CCCN2C(=S)Nc2ccc(F)cc2)c1. The van der Waals surface area contributed by atoms with E-state index in [4.69, 9.17) is 21.7 Å². The number of ether oxygens (including phenoxy) is 2. The first-order valence-electron chi connectivity index (χ1n) is 8.17. The summed E-state index contributed by atoms with van der Waals surface area (Å²) in [5.74, 6) is 1.35. The van der Waals surface area contributed by atoms with E-state index in [1.165, 1.54) is 12.1 Å². The third-order valence-corrected chi connectivity index (χ3v) is 4.74. The van der Waals surface area contributed by atoms with Gasteiger partial charge in [0.1, 0.15) is 17.3 Å². The molecular weight excluding hydrogens is 339 g/mol. The monoisotopic (exact) mass is 360 g/mol. The minimum absolute atomic E-state index is 0.116. The Hall–Kier alpha value is -2.34. The molecule has 1 aliphatic rings. The van der Waals surface area contributed by atoms with Crippen LogP contribution in [0.25, 0.3) is 0 Å². The molecule has 25 heavy (non-hydrogen) atoms. The van der Waals surface area contributed by atoms with Crippen molar-refractivity contribution in [1.29, 1.82) is 0 Å². The van der Waals surface area contributed by atoms with Crippen molar-refractivity contribution >= 4 is 23.0 Å². The maximum Gasteiger partial charge on any atom is 0.173 e. The Morgan fingerprint density at radius 3 is 2.60 bits per heavy atom. The van der Waals surface area contributed by atoms with Crippen LogP contribution in [0.2, 0.25) is 0 Å². The van der Waals surface area contributed by atoms with E-state index in [1.807, 2.05) is 18.2 Å². The number of halogens is 1. The number of thiocarbonyl (C=S) groups is 1. The zero-order valence-electron chi connectivity index (χ0n) is 14.3. The van der Waals surface area contributed by atoms with Crippen LogP contribution in [0.3, 0.4) is 0 Å². The number of anilines is 1. The second kappa shape index (κ2) is 7.70. The van der Waals surface area contributed by atoms with Crippen molar-refractivity contribution < 1.29 is 13.9 Å². The highest BCUT2D eigenvalue weighted by molar-refractivity contribution is 7.80. The molecular formula is C19H21FN2O2S. The maximum absolute atomic E-state index is 13.1. The number of nitrogens with one attached hydrogen (secondary N) is 1. The minimum atomic E-state index is -0.267. The van der Waals surface area contributed by atoms with E-state index >= 15 is 0 Å². The molecule has 1 saturated heterocycles. The van der Waals surface area contributed by atoms with Gasteiger partial charge in [0, 0.05) is 17.8 Å². The van der Waals surface area contributed by atoms with Crippen molar-refractivity contribution in [2.45, 2.75) is 18.9 Å². The smallest absolute Gasteiger partial charge is 0.173 e. The van der Waals surface area contributed by atoms with Crippen LogP contribution < -0.4 is 14.8 Å². The summed E-state index contributed by atoms with van der Waals surface area (Å²) in [6, 6.07) is 12.1. The molecule has 3 rings (SSSR count). The highest BCUT2D eigenvalue weighted by Gasteiger charge is 2.30. The van der Waals surface area contributed by atoms with Gasteiger partial charge in [-0.15, -0.1) is 0 Å². The van der Waals surface area contributed by atoms with Crippen molar-refractivity contribution in [3.63, 3.8) is 0 Å². The van der Waals surface area contributed by atoms with Gasteiger partial charge in [-0.1, -0.05) is 0 Å². The van der Waals surface area contributed by atoms with Crippen LogP contribution in [0, 0.1) is 5.82 Å². The second-order valence-corrected chi connectivity index (χ2v) is 6.28. The second-order valence-electron chi connectivity index (χ2n) is 5.90. The van der Waals surface area contributed by atoms with Crippen LogP contribution in [-0.2, 0) is 0 Å². The summed E-state index contributed by atoms with van der Waals surface area (Å²) < 4.78 is 24.0. The quantitative estimate of drug-likeness (QED) is 0.819. The van der Waals surface area contributed by atoms with Crippen molar-refractivity contribution in [2.75, 3.05) is 26.1 Å². The van der Waals surface area contributed by atoms with E-state index in [0.717, 1.165) is 42.1 Å². The lowest BCUT2D eigenvalue weighted by atomic mass is 10.0. The Morgan fingerprint density at radius 2 is 1.92 bits per heavy atom. The average Bonchev–Trinajstić information content (AvgIpc) is 3.12. The van der Waals surface area contributed by atoms with E-state index in [-0.39, 0.29) is 11.9 Å². The predicted molar refractivity (Wildman–Crippen MR) is 101 cm³/mol. The van der Waals surface area contributed by atoms with Gasteiger partial charge < -0.3 is 19.7 Å². The Labute approximate surface area is 152 Å². The van der Waals surface area contributed by atoms with Gasteiger partial charge in [0.15, 0.2) is 5.11 Å². The minimum Gasteiger partial charge on any atom is -0.497 e. The summed E-state index contributed by atoms with van der Waals surface area (Å²) in [7, 11) is 3.32. The van der Waals surface area contributed by atoms with Gasteiger partial charge in [0.05, 0.1) is 20.3 Å². The molecule has 1 heterocycles. The largest absolute Gasteiger partial charge is 0.497 e. The molecule has 4 nitrogen and oxygen atoms in total. The van der Waals surface area contributed by atoms with Gasteiger partial charge >= 0.3 is 0 Å². The number of benzene rings is 2. The number of hydrogen-bond acceptors (Lipinski definition) is 3. The molecule has 0 aromatic heterocycles. The van der Waals surface area contributed by atoms with Crippen LogP contribution in [-0.4, -0.2) is 30.8 Å². The number of nitrogens with zero attached hydrogens (tertiary/aromatic N) is 1. The molecule has 1 atom stereocenters. The van der Waals surface area contributed by atoms with E-state index in [9.17, 15) is 4.39 Å². The van der Waals surface area contributed by atoms with Gasteiger partial charge in [-0.2, -0.15) is 0 Å². The lowest BCUT2D eigenvalue weighted by Crippen LogP contribution is -2.34. The fourth-order valence-corrected chi connectivity index (χ4v) is 3.50. The highest BCUT2D eigenvalue weighted by Crippen LogP contribution is 2.39. The zero-order chi connectivity index (χ0) is 17.8. The zero-order valence-corrected chi connectivity index (χ0v) is 15.1. The van der Waals surface area contributed by atoms with E-state index in [2.05, 4.69) is 10.2 Å². The summed E-state index contributed by atoms with van der Waals surface area (Å²) >= 11 is 5.60. The molecule has 0 bridgehead atoms. The van der Waals surface area contributed by atoms with Gasteiger partial charge in [-0.05, 0) is 67.5 Å². The number of rotatable bonds is 4. The van der Waals surface area contributed by atoms with Crippen LogP contribution in [0.15, 0.2) is 42.5 Å². The lowest BCUT2D eigenvalue weighted by Gasteiger charge is -2.29. The molecule has 0 unspecified atom stereocenters. The predicted octanol–water partition coefficient (Wildman–Crippen LogP) is 4.38. The molecule has 1 N–H and O–H groups in total. The molecule has 1 aliphatic heterocycles. The Balaban J connectivity index is 1.82. The topological polar surface area (TPSA) is 33.7 Å². The molecule has 2 aromatic rings. The molecule has 6 heteroatoms. The molecule has 0 amide bonds. The Bertz CT molecular complexity index is 752. The average molecular weight is 360 g/mol. The van der Waals surface area contributed by atoms with Crippen LogP contribution >= 0.6 is 12.2 Å². The Kier molecular flexibility index (Phi) is 5.38. The van der Waals surface area contributed by atoms with Crippen molar-refractivity contribution in [1.82, 2.24) is 4.90 Å². The van der Waals surface area contributed by atoms with Crippen molar-refractivity contribution in [3.8, 4) is 11.5 Å². The standard InChI is InChI=1S/C19H21FN2O2S/c1-23-15-9-10-18(24-2)16(12-15)17-4-3-11-22(17)19(25)21-14-7-5-13(20)6-8-14/h5-10,12,17H,3-4,11H2,1-2H3,(H,21,25)/t17-/m1/s1. The van der Waals surface area contributed by atoms with Gasteiger partial charge in [-0.25, -0.2) is 4.39 Å². The fraction of sp³-hybridized carbons (Fsp3) is 0.316. The molecule has 0 aliphatic carbocycles. The van der Waals surface area contributed by atoms with Crippen LogP contribution in [0.5, 0.6) is 11.5 Å². The molecule has 132 valence electrons. The van der Waals surface area contributed by atoms with Gasteiger partial charge in [0.25, 0.3) is 0 Å². The number of methoxy groups -OCH3 is 2. The Morgan fingerprint density at radius 1 is 1.16 bits per heavy atom. The fourth-order valence-electron chi connectivity index (χ4n) is 3.16. The molecule has 0 radical (unpaired) electrons. The molecule has 0 saturated carbocycles. The van der Waals surface area contributed by atoms with E-state index in [1.54, 1.807) is 26.4 Å². The summed E-state index contributed by atoms with van der Waals surface area (Å²) in [5, 5.41) is 3.82. The lowest BCUT2D eigenvalue weighted by molar-refractivity contribution is 0.362. The van der Waals surface area contributed by atoms with Crippen molar-refractivity contribution in [3.05, 3.63) is 53.8 Å². The third kappa shape index (κ3) is 3.85. The molecule has 0 spiro atoms. The normalized spacial score (nSPS) is 16.6. The number of likely N-dealkylation sites (tertiary alicyclic amines) is 1. The van der Waals surface area contributed by atoms with Crippen LogP contribution in [0.4, 0.5) is 10.1 Å².